The minimum atomic E-state index is 0. The van der Waals surface area contributed by atoms with E-state index in [1.54, 1.807) is 0 Å². The van der Waals surface area contributed by atoms with Crippen LogP contribution in [0.25, 0.3) is 0 Å². The Bertz CT molecular complexity index is 297. The van der Waals surface area contributed by atoms with Crippen molar-refractivity contribution in [3.8, 4) is 0 Å². The number of thiazole rings is 1. The fourth-order valence-corrected chi connectivity index (χ4v) is 2.72. The summed E-state index contributed by atoms with van der Waals surface area (Å²) in [6.07, 6.45) is 2.31. The van der Waals surface area contributed by atoms with E-state index in [1.165, 1.54) is 17.1 Å². The molecule has 1 aliphatic rings. The van der Waals surface area contributed by atoms with Crippen molar-refractivity contribution in [3.05, 3.63) is 16.1 Å². The van der Waals surface area contributed by atoms with Crippen molar-refractivity contribution in [1.29, 1.82) is 0 Å². The number of rotatable bonds is 4. The van der Waals surface area contributed by atoms with Crippen molar-refractivity contribution in [2.24, 2.45) is 0 Å². The highest BCUT2D eigenvalue weighted by molar-refractivity contribution is 7.09. The molecule has 5 heteroatoms. The van der Waals surface area contributed by atoms with Gasteiger partial charge in [0.2, 0.25) is 0 Å². The van der Waals surface area contributed by atoms with Crippen molar-refractivity contribution < 1.29 is 0 Å². The highest BCUT2D eigenvalue weighted by atomic mass is 35.5. The number of piperazine rings is 1. The predicted octanol–water partition coefficient (Wildman–Crippen LogP) is 1.92. The van der Waals surface area contributed by atoms with Gasteiger partial charge in [-0.3, -0.25) is 4.90 Å². The standard InChI is InChI=1S/C11H19N3S.ClH/c1-2-3-10-9-15-11(13-10)8-14-6-4-12-5-7-14;/h9,12H,2-8H2,1H3;1H. The molecule has 2 heterocycles. The van der Waals surface area contributed by atoms with Crippen LogP contribution in [0.3, 0.4) is 0 Å². The Hall–Kier alpha value is -0.160. The van der Waals surface area contributed by atoms with Gasteiger partial charge in [-0.1, -0.05) is 13.3 Å². The largest absolute Gasteiger partial charge is 0.314 e. The molecule has 0 spiro atoms. The number of nitrogens with zero attached hydrogens (tertiary/aromatic N) is 2. The maximum Gasteiger partial charge on any atom is 0.107 e. The molecule has 0 amide bonds. The van der Waals surface area contributed by atoms with Gasteiger partial charge in [0.15, 0.2) is 0 Å². The summed E-state index contributed by atoms with van der Waals surface area (Å²) < 4.78 is 0. The molecule has 1 aliphatic heterocycles. The number of aryl methyl sites for hydroxylation is 1. The molecule has 0 aromatic carbocycles. The van der Waals surface area contributed by atoms with Crippen LogP contribution in [0.2, 0.25) is 0 Å². The summed E-state index contributed by atoms with van der Waals surface area (Å²) in [5, 5.41) is 6.85. The van der Waals surface area contributed by atoms with E-state index in [9.17, 15) is 0 Å². The van der Waals surface area contributed by atoms with E-state index < -0.39 is 0 Å². The third-order valence-electron chi connectivity index (χ3n) is 2.67. The molecule has 0 unspecified atom stereocenters. The van der Waals surface area contributed by atoms with E-state index in [2.05, 4.69) is 27.5 Å². The van der Waals surface area contributed by atoms with Gasteiger partial charge in [0.05, 0.1) is 12.2 Å². The number of nitrogens with one attached hydrogen (secondary N) is 1. The maximum atomic E-state index is 4.65. The Balaban J connectivity index is 0.00000128. The van der Waals surface area contributed by atoms with E-state index >= 15 is 0 Å². The van der Waals surface area contributed by atoms with E-state index in [4.69, 9.17) is 0 Å². The molecule has 3 nitrogen and oxygen atoms in total. The van der Waals surface area contributed by atoms with Crippen molar-refractivity contribution in [2.45, 2.75) is 26.3 Å². The fraction of sp³-hybridized carbons (Fsp3) is 0.727. The molecule has 1 aromatic rings. The van der Waals surface area contributed by atoms with Crippen LogP contribution in [-0.4, -0.2) is 36.1 Å². The summed E-state index contributed by atoms with van der Waals surface area (Å²) in [6, 6.07) is 0. The minimum absolute atomic E-state index is 0. The SMILES string of the molecule is CCCc1csc(CN2CCNCC2)n1.Cl. The molecule has 0 saturated carbocycles. The molecule has 92 valence electrons. The average molecular weight is 262 g/mol. The Morgan fingerprint density at radius 2 is 2.19 bits per heavy atom. The molecule has 2 rings (SSSR count). The van der Waals surface area contributed by atoms with E-state index in [1.807, 2.05) is 11.3 Å². The summed E-state index contributed by atoms with van der Waals surface area (Å²) >= 11 is 1.81. The first kappa shape index (κ1) is 13.9. The van der Waals surface area contributed by atoms with Crippen LogP contribution in [0.15, 0.2) is 5.38 Å². The molecule has 1 aromatic heterocycles. The zero-order chi connectivity index (χ0) is 10.5. The Labute approximate surface area is 108 Å². The van der Waals surface area contributed by atoms with E-state index in [0.29, 0.717) is 0 Å². The molecular weight excluding hydrogens is 242 g/mol. The number of hydrogen-bond acceptors (Lipinski definition) is 4. The molecule has 16 heavy (non-hydrogen) atoms. The summed E-state index contributed by atoms with van der Waals surface area (Å²) in [5.74, 6) is 0. The summed E-state index contributed by atoms with van der Waals surface area (Å²) in [7, 11) is 0. The second kappa shape index (κ2) is 7.22. The van der Waals surface area contributed by atoms with Crippen molar-refractivity contribution in [2.75, 3.05) is 26.2 Å². The van der Waals surface area contributed by atoms with Gasteiger partial charge in [-0.25, -0.2) is 4.98 Å². The summed E-state index contributed by atoms with van der Waals surface area (Å²) in [4.78, 5) is 7.13. The normalized spacial score (nSPS) is 17.1. The van der Waals surface area contributed by atoms with Crippen LogP contribution in [0, 0.1) is 0 Å². The molecule has 1 N–H and O–H groups in total. The van der Waals surface area contributed by atoms with Gasteiger partial charge in [0, 0.05) is 31.6 Å². The highest BCUT2D eigenvalue weighted by Crippen LogP contribution is 2.13. The van der Waals surface area contributed by atoms with E-state index in [0.717, 1.165) is 39.1 Å². The van der Waals surface area contributed by atoms with Crippen molar-refractivity contribution in [1.82, 2.24) is 15.2 Å². The number of aromatic nitrogens is 1. The van der Waals surface area contributed by atoms with Gasteiger partial charge in [0.1, 0.15) is 5.01 Å². The molecule has 0 radical (unpaired) electrons. The summed E-state index contributed by atoms with van der Waals surface area (Å²) in [6.45, 7) is 7.79. The quantitative estimate of drug-likeness (QED) is 0.898. The van der Waals surface area contributed by atoms with Crippen LogP contribution in [0.1, 0.15) is 24.0 Å². The minimum Gasteiger partial charge on any atom is -0.314 e. The predicted molar refractivity (Wildman–Crippen MR) is 71.5 cm³/mol. The lowest BCUT2D eigenvalue weighted by atomic mass is 10.3. The third kappa shape index (κ3) is 4.01. The van der Waals surface area contributed by atoms with Gasteiger partial charge in [-0.05, 0) is 6.42 Å². The monoisotopic (exact) mass is 261 g/mol. The fourth-order valence-electron chi connectivity index (χ4n) is 1.85. The third-order valence-corrected chi connectivity index (χ3v) is 3.56. The maximum absolute atomic E-state index is 4.65. The first-order chi connectivity index (χ1) is 7.38. The first-order valence-electron chi connectivity index (χ1n) is 5.75. The molecule has 1 saturated heterocycles. The smallest absolute Gasteiger partial charge is 0.107 e. The topological polar surface area (TPSA) is 28.2 Å². The van der Waals surface area contributed by atoms with Crippen LogP contribution in [-0.2, 0) is 13.0 Å². The Morgan fingerprint density at radius 3 is 2.88 bits per heavy atom. The first-order valence-corrected chi connectivity index (χ1v) is 6.63. The van der Waals surface area contributed by atoms with Gasteiger partial charge in [-0.15, -0.1) is 23.7 Å². The molecule has 0 atom stereocenters. The molecule has 0 bridgehead atoms. The lowest BCUT2D eigenvalue weighted by Gasteiger charge is -2.26. The van der Waals surface area contributed by atoms with Crippen molar-refractivity contribution >= 4 is 23.7 Å². The van der Waals surface area contributed by atoms with Gasteiger partial charge < -0.3 is 5.32 Å². The van der Waals surface area contributed by atoms with Gasteiger partial charge in [0.25, 0.3) is 0 Å². The summed E-state index contributed by atoms with van der Waals surface area (Å²) in [5.41, 5.74) is 1.27. The lowest BCUT2D eigenvalue weighted by molar-refractivity contribution is 0.233. The molecule has 0 aliphatic carbocycles. The van der Waals surface area contributed by atoms with Crippen LogP contribution < -0.4 is 5.32 Å². The zero-order valence-electron chi connectivity index (χ0n) is 9.74. The average Bonchev–Trinajstić information content (AvgIpc) is 2.68. The lowest BCUT2D eigenvalue weighted by Crippen LogP contribution is -2.42. The van der Waals surface area contributed by atoms with Gasteiger partial charge in [-0.2, -0.15) is 0 Å². The molecule has 1 fully saturated rings. The Kier molecular flexibility index (Phi) is 6.28. The number of halogens is 1. The Morgan fingerprint density at radius 1 is 1.44 bits per heavy atom. The molecular formula is C11H20ClN3S. The van der Waals surface area contributed by atoms with E-state index in [-0.39, 0.29) is 12.4 Å². The van der Waals surface area contributed by atoms with Crippen LogP contribution >= 0.6 is 23.7 Å². The van der Waals surface area contributed by atoms with Crippen molar-refractivity contribution in [3.63, 3.8) is 0 Å². The van der Waals surface area contributed by atoms with Gasteiger partial charge >= 0.3 is 0 Å². The van der Waals surface area contributed by atoms with Crippen LogP contribution in [0.4, 0.5) is 0 Å². The second-order valence-electron chi connectivity index (χ2n) is 4.01. The zero-order valence-corrected chi connectivity index (χ0v) is 11.4. The highest BCUT2D eigenvalue weighted by Gasteiger charge is 2.11. The second-order valence-corrected chi connectivity index (χ2v) is 4.95. The number of hydrogen-bond donors (Lipinski definition) is 1. The van der Waals surface area contributed by atoms with Crippen LogP contribution in [0.5, 0.6) is 0 Å².